The fourth-order valence-electron chi connectivity index (χ4n) is 6.48. The molecule has 198 valence electrons. The summed E-state index contributed by atoms with van der Waals surface area (Å²) in [5, 5.41) is 13.2. The SMILES string of the molecule is CN1C[C@@H]2C[C@H]1CN2c1cc(F)cc(F)c1-c1ccnc2c(-c3cccc4[nH]ncc34)c(-c3ccncc3)nn12. The van der Waals surface area contributed by atoms with Gasteiger partial charge in [0.15, 0.2) is 5.65 Å². The van der Waals surface area contributed by atoms with E-state index >= 15 is 4.39 Å². The summed E-state index contributed by atoms with van der Waals surface area (Å²) in [4.78, 5) is 13.4. The van der Waals surface area contributed by atoms with E-state index in [-0.39, 0.29) is 6.04 Å². The zero-order valence-electron chi connectivity index (χ0n) is 21.6. The van der Waals surface area contributed by atoms with E-state index in [2.05, 4.69) is 32.0 Å². The van der Waals surface area contributed by atoms with E-state index in [9.17, 15) is 4.39 Å². The normalized spacial score (nSPS) is 18.9. The lowest BCUT2D eigenvalue weighted by Gasteiger charge is -2.35. The molecular weight excluding hydrogens is 510 g/mol. The van der Waals surface area contributed by atoms with Crippen molar-refractivity contribution in [2.45, 2.75) is 18.5 Å². The van der Waals surface area contributed by atoms with Crippen molar-refractivity contribution in [3.63, 3.8) is 0 Å². The number of hydrogen-bond donors (Lipinski definition) is 1. The first-order valence-electron chi connectivity index (χ1n) is 13.2. The number of anilines is 1. The number of nitrogens with one attached hydrogen (secondary N) is 1. The summed E-state index contributed by atoms with van der Waals surface area (Å²) >= 11 is 0. The molecule has 4 aromatic heterocycles. The van der Waals surface area contributed by atoms with E-state index in [0.717, 1.165) is 53.2 Å². The quantitative estimate of drug-likeness (QED) is 0.336. The largest absolute Gasteiger partial charge is 0.365 e. The van der Waals surface area contributed by atoms with Gasteiger partial charge >= 0.3 is 0 Å². The second-order valence-corrected chi connectivity index (χ2v) is 10.6. The van der Waals surface area contributed by atoms with Gasteiger partial charge in [-0.25, -0.2) is 18.3 Å². The van der Waals surface area contributed by atoms with Gasteiger partial charge in [-0.1, -0.05) is 12.1 Å². The van der Waals surface area contributed by atoms with Crippen LogP contribution in [0.3, 0.4) is 0 Å². The lowest BCUT2D eigenvalue weighted by Crippen LogP contribution is -2.44. The fraction of sp³-hybridized carbons (Fsp3) is 0.200. The van der Waals surface area contributed by atoms with Crippen LogP contribution in [-0.4, -0.2) is 66.9 Å². The van der Waals surface area contributed by atoms with Crippen molar-refractivity contribution < 1.29 is 8.78 Å². The van der Waals surface area contributed by atoms with Crippen molar-refractivity contribution in [2.75, 3.05) is 25.0 Å². The summed E-state index contributed by atoms with van der Waals surface area (Å²) in [7, 11) is 2.11. The van der Waals surface area contributed by atoms with Crippen molar-refractivity contribution in [2.24, 2.45) is 0 Å². The fourth-order valence-corrected chi connectivity index (χ4v) is 6.48. The number of rotatable bonds is 4. The molecule has 2 fully saturated rings. The highest BCUT2D eigenvalue weighted by atomic mass is 19.1. The number of halogens is 2. The lowest BCUT2D eigenvalue weighted by atomic mass is 9.99. The van der Waals surface area contributed by atoms with E-state index in [1.807, 2.05) is 30.3 Å². The molecule has 0 saturated carbocycles. The van der Waals surface area contributed by atoms with E-state index < -0.39 is 11.6 Å². The highest BCUT2D eigenvalue weighted by Gasteiger charge is 2.42. The van der Waals surface area contributed by atoms with E-state index in [4.69, 9.17) is 10.1 Å². The van der Waals surface area contributed by atoms with Gasteiger partial charge in [0.25, 0.3) is 0 Å². The number of piperazine rings is 1. The van der Waals surface area contributed by atoms with Crippen LogP contribution in [0.5, 0.6) is 0 Å². The highest BCUT2D eigenvalue weighted by molar-refractivity contribution is 6.03. The van der Waals surface area contributed by atoms with Gasteiger partial charge in [0.2, 0.25) is 0 Å². The van der Waals surface area contributed by atoms with Crippen molar-refractivity contribution in [3.8, 4) is 33.6 Å². The van der Waals surface area contributed by atoms with Crippen LogP contribution in [0.15, 0.2) is 73.3 Å². The van der Waals surface area contributed by atoms with Crippen molar-refractivity contribution in [1.29, 1.82) is 0 Å². The third-order valence-electron chi connectivity index (χ3n) is 8.34. The first-order chi connectivity index (χ1) is 19.6. The molecule has 6 heterocycles. The Morgan fingerprint density at radius 1 is 0.950 bits per heavy atom. The summed E-state index contributed by atoms with van der Waals surface area (Å²) in [5.74, 6) is -1.22. The summed E-state index contributed by atoms with van der Waals surface area (Å²) < 4.78 is 32.3. The van der Waals surface area contributed by atoms with Crippen molar-refractivity contribution in [3.05, 3.63) is 85.0 Å². The molecular formula is C30H24F2N8. The summed E-state index contributed by atoms with van der Waals surface area (Å²) in [6, 6.07) is 14.4. The molecule has 2 saturated heterocycles. The topological polar surface area (TPSA) is 78.2 Å². The predicted molar refractivity (Wildman–Crippen MR) is 149 cm³/mol. The van der Waals surface area contributed by atoms with E-state index in [0.29, 0.717) is 34.3 Å². The van der Waals surface area contributed by atoms with Gasteiger partial charge < -0.3 is 4.90 Å². The standard InChI is InChI=1S/C30H24F2N8/c1-38-15-20-13-19(38)16-39(20)26-12-18(31)11-23(32)28(26)25-7-10-34-30-27(21-3-2-4-24-22(21)14-35-36-24)29(37-40(25)30)17-5-8-33-9-6-17/h2-12,14,19-20H,13,15-16H2,1H3,(H,35,36)/t19-,20-/m0/s1. The molecule has 0 amide bonds. The Labute approximate surface area is 227 Å². The molecule has 2 aromatic carbocycles. The van der Waals surface area contributed by atoms with Gasteiger partial charge in [0.05, 0.1) is 34.2 Å². The number of H-pyrrole nitrogens is 1. The van der Waals surface area contributed by atoms with E-state index in [1.165, 1.54) is 6.07 Å². The predicted octanol–water partition coefficient (Wildman–Crippen LogP) is 5.17. The first kappa shape index (κ1) is 23.2. The Kier molecular flexibility index (Phi) is 5.02. The smallest absolute Gasteiger partial charge is 0.164 e. The summed E-state index contributed by atoms with van der Waals surface area (Å²) in [6.45, 7) is 1.58. The molecule has 2 atom stereocenters. The Balaban J connectivity index is 1.41. The Hall–Kier alpha value is -4.70. The number of hydrogen-bond acceptors (Lipinski definition) is 6. The van der Waals surface area contributed by atoms with Crippen molar-refractivity contribution in [1.82, 2.24) is 34.7 Å². The number of likely N-dealkylation sites (N-methyl/N-ethyl adjacent to an activating group) is 1. The summed E-state index contributed by atoms with van der Waals surface area (Å²) in [5.41, 5.74) is 6.05. The van der Waals surface area contributed by atoms with Crippen LogP contribution < -0.4 is 4.90 Å². The van der Waals surface area contributed by atoms with Gasteiger partial charge in [-0.3, -0.25) is 15.0 Å². The zero-order valence-corrected chi connectivity index (χ0v) is 21.6. The number of fused-ring (bicyclic) bond motifs is 4. The monoisotopic (exact) mass is 534 g/mol. The second kappa shape index (κ2) is 8.65. The molecule has 8 rings (SSSR count). The van der Waals surface area contributed by atoms with Gasteiger partial charge in [0.1, 0.15) is 17.3 Å². The minimum absolute atomic E-state index is 0.200. The lowest BCUT2D eigenvalue weighted by molar-refractivity contribution is 0.292. The number of aromatic nitrogens is 6. The van der Waals surface area contributed by atoms with Gasteiger partial charge in [0, 0.05) is 60.8 Å². The molecule has 8 nitrogen and oxygen atoms in total. The Morgan fingerprint density at radius 2 is 1.82 bits per heavy atom. The molecule has 0 radical (unpaired) electrons. The van der Waals surface area contributed by atoms with Crippen molar-refractivity contribution >= 4 is 22.2 Å². The average molecular weight is 535 g/mol. The summed E-state index contributed by atoms with van der Waals surface area (Å²) in [6.07, 6.45) is 7.86. The second-order valence-electron chi connectivity index (χ2n) is 10.6. The van der Waals surface area contributed by atoms with Crippen LogP contribution in [0.2, 0.25) is 0 Å². The van der Waals surface area contributed by atoms with Crippen LogP contribution in [-0.2, 0) is 0 Å². The minimum atomic E-state index is -0.627. The van der Waals surface area contributed by atoms with Gasteiger partial charge in [-0.2, -0.15) is 10.2 Å². The number of likely N-dealkylation sites (tertiary alicyclic amines) is 1. The van der Waals surface area contributed by atoms with Crippen LogP contribution in [0.1, 0.15) is 6.42 Å². The van der Waals surface area contributed by atoms with Crippen LogP contribution in [0.25, 0.3) is 50.2 Å². The molecule has 6 aromatic rings. The molecule has 2 aliphatic rings. The van der Waals surface area contributed by atoms with Crippen LogP contribution in [0.4, 0.5) is 14.5 Å². The molecule has 10 heteroatoms. The number of nitrogens with zero attached hydrogens (tertiary/aromatic N) is 7. The minimum Gasteiger partial charge on any atom is -0.365 e. The molecule has 2 bridgehead atoms. The molecule has 40 heavy (non-hydrogen) atoms. The number of pyridine rings is 1. The number of benzene rings is 2. The number of aromatic amines is 1. The molecule has 0 aliphatic carbocycles. The maximum atomic E-state index is 15.9. The molecule has 2 aliphatic heterocycles. The Morgan fingerprint density at radius 3 is 2.62 bits per heavy atom. The Bertz CT molecular complexity index is 1910. The van der Waals surface area contributed by atoms with Crippen LogP contribution >= 0.6 is 0 Å². The zero-order chi connectivity index (χ0) is 27.0. The third-order valence-corrected chi connectivity index (χ3v) is 8.34. The van der Waals surface area contributed by atoms with Gasteiger partial charge in [-0.05, 0) is 49.4 Å². The maximum Gasteiger partial charge on any atom is 0.164 e. The average Bonchev–Trinajstić information content (AvgIpc) is 3.75. The highest BCUT2D eigenvalue weighted by Crippen LogP contribution is 2.43. The van der Waals surface area contributed by atoms with Gasteiger partial charge in [-0.15, -0.1) is 0 Å². The third kappa shape index (κ3) is 3.39. The van der Waals surface area contributed by atoms with E-state index in [1.54, 1.807) is 35.4 Å². The molecule has 0 unspecified atom stereocenters. The van der Waals surface area contributed by atoms with Crippen LogP contribution in [0, 0.1) is 11.6 Å². The molecule has 1 N–H and O–H groups in total. The maximum absolute atomic E-state index is 15.9. The first-order valence-corrected chi connectivity index (χ1v) is 13.2. The molecule has 0 spiro atoms.